The molecule has 0 bridgehead atoms. The van der Waals surface area contributed by atoms with Crippen LogP contribution in [0.4, 0.5) is 0 Å². The predicted octanol–water partition coefficient (Wildman–Crippen LogP) is -1.03. The molecule has 8 nitrogen and oxygen atoms in total. The first-order valence-corrected chi connectivity index (χ1v) is 8.02. The van der Waals surface area contributed by atoms with E-state index in [2.05, 4.69) is 9.71 Å². The molecule has 2 N–H and O–H groups in total. The van der Waals surface area contributed by atoms with Gasteiger partial charge in [0.2, 0.25) is 10.0 Å². The van der Waals surface area contributed by atoms with Crippen molar-refractivity contribution in [2.75, 3.05) is 18.6 Å². The minimum absolute atomic E-state index is 0.129. The summed E-state index contributed by atoms with van der Waals surface area (Å²) in [7, 11) is -3.29. The number of hydrogen-bond acceptors (Lipinski definition) is 6. The quantitative estimate of drug-likeness (QED) is 0.488. The van der Waals surface area contributed by atoms with Crippen LogP contribution in [0.2, 0.25) is 0 Å². The fourth-order valence-electron chi connectivity index (χ4n) is 1.18. The third-order valence-electron chi connectivity index (χ3n) is 1.89. The molecule has 0 saturated heterocycles. The van der Waals surface area contributed by atoms with Crippen molar-refractivity contribution in [1.82, 2.24) is 14.3 Å². The molecule has 0 radical (unpaired) electrons. The lowest BCUT2D eigenvalue weighted by atomic mass is 10.6. The molecule has 0 fully saturated rings. The number of aliphatic carboxylic acids is 1. The van der Waals surface area contributed by atoms with Gasteiger partial charge in [-0.15, -0.1) is 0 Å². The Bertz CT molecular complexity index is 611. The Labute approximate surface area is 113 Å². The molecule has 1 aromatic rings. The van der Waals surface area contributed by atoms with Gasteiger partial charge in [0.1, 0.15) is 0 Å². The molecule has 106 valence electrons. The third kappa shape index (κ3) is 6.36. The first kappa shape index (κ1) is 15.7. The van der Waals surface area contributed by atoms with Gasteiger partial charge >= 0.3 is 5.97 Å². The third-order valence-corrected chi connectivity index (χ3v) is 3.59. The molecule has 0 atom stereocenters. The SMILES string of the molecule is CS(=O)(=O)NCCn1ccc(=O)nc1SCC(=O)O. The molecule has 19 heavy (non-hydrogen) atoms. The first-order valence-electron chi connectivity index (χ1n) is 5.14. The molecule has 1 aromatic heterocycles. The molecular formula is C9H13N3O5S2. The molecule has 10 heteroatoms. The Hall–Kier alpha value is -1.39. The number of nitrogens with one attached hydrogen (secondary N) is 1. The minimum Gasteiger partial charge on any atom is -0.481 e. The maximum Gasteiger partial charge on any atom is 0.313 e. The molecule has 0 aliphatic heterocycles. The summed E-state index contributed by atoms with van der Waals surface area (Å²) in [4.78, 5) is 25.3. The number of rotatable bonds is 7. The summed E-state index contributed by atoms with van der Waals surface area (Å²) in [5.74, 6) is -1.25. The van der Waals surface area contributed by atoms with Gasteiger partial charge in [0.05, 0.1) is 12.0 Å². The van der Waals surface area contributed by atoms with E-state index in [1.165, 1.54) is 16.8 Å². The average Bonchev–Trinajstić information content (AvgIpc) is 2.27. The van der Waals surface area contributed by atoms with E-state index in [-0.39, 0.29) is 24.0 Å². The van der Waals surface area contributed by atoms with Gasteiger partial charge in [-0.1, -0.05) is 11.8 Å². The normalized spacial score (nSPS) is 11.4. The Morgan fingerprint density at radius 3 is 2.84 bits per heavy atom. The van der Waals surface area contributed by atoms with Crippen LogP contribution in [0.5, 0.6) is 0 Å². The number of sulfonamides is 1. The second-order valence-electron chi connectivity index (χ2n) is 3.59. The number of thioether (sulfide) groups is 1. The summed E-state index contributed by atoms with van der Waals surface area (Å²) in [5, 5.41) is 8.83. The number of carboxylic acid groups (broad SMARTS) is 1. The highest BCUT2D eigenvalue weighted by molar-refractivity contribution is 7.99. The van der Waals surface area contributed by atoms with Crippen LogP contribution in [-0.2, 0) is 21.4 Å². The van der Waals surface area contributed by atoms with E-state index in [9.17, 15) is 18.0 Å². The maximum absolute atomic E-state index is 11.1. The van der Waals surface area contributed by atoms with Crippen molar-refractivity contribution in [3.63, 3.8) is 0 Å². The summed E-state index contributed by atoms with van der Waals surface area (Å²) < 4.78 is 25.6. The zero-order chi connectivity index (χ0) is 14.5. The molecule has 0 aromatic carbocycles. The average molecular weight is 307 g/mol. The van der Waals surface area contributed by atoms with Gasteiger partial charge in [0, 0.05) is 25.4 Å². The van der Waals surface area contributed by atoms with E-state index in [0.717, 1.165) is 18.0 Å². The van der Waals surface area contributed by atoms with Gasteiger partial charge in [-0.2, -0.15) is 4.98 Å². The van der Waals surface area contributed by atoms with Crippen LogP contribution in [0.25, 0.3) is 0 Å². The number of carboxylic acids is 1. The molecule has 0 amide bonds. The zero-order valence-electron chi connectivity index (χ0n) is 10.1. The molecule has 0 aliphatic rings. The molecule has 1 heterocycles. The van der Waals surface area contributed by atoms with Crippen LogP contribution >= 0.6 is 11.8 Å². The highest BCUT2D eigenvalue weighted by Gasteiger charge is 2.07. The Morgan fingerprint density at radius 2 is 2.26 bits per heavy atom. The van der Waals surface area contributed by atoms with E-state index in [4.69, 9.17) is 5.11 Å². The lowest BCUT2D eigenvalue weighted by molar-refractivity contribution is -0.133. The number of carbonyl (C=O) groups is 1. The monoisotopic (exact) mass is 307 g/mol. The number of aromatic nitrogens is 2. The van der Waals surface area contributed by atoms with Gasteiger partial charge in [-0.3, -0.25) is 9.59 Å². The molecule has 1 rings (SSSR count). The zero-order valence-corrected chi connectivity index (χ0v) is 11.7. The fraction of sp³-hybridized carbons (Fsp3) is 0.444. The van der Waals surface area contributed by atoms with Gasteiger partial charge in [0.25, 0.3) is 5.56 Å². The first-order chi connectivity index (χ1) is 8.78. The Morgan fingerprint density at radius 1 is 1.58 bits per heavy atom. The molecule has 0 aliphatic carbocycles. The summed E-state index contributed by atoms with van der Waals surface area (Å²) in [5.41, 5.74) is -0.472. The van der Waals surface area contributed by atoms with Gasteiger partial charge in [0.15, 0.2) is 5.16 Å². The van der Waals surface area contributed by atoms with Crippen molar-refractivity contribution in [3.05, 3.63) is 22.6 Å². The smallest absolute Gasteiger partial charge is 0.313 e. The summed E-state index contributed by atoms with van der Waals surface area (Å²) in [6.45, 7) is 0.381. The van der Waals surface area contributed by atoms with Crippen LogP contribution in [-0.4, -0.2) is 47.6 Å². The number of nitrogens with zero attached hydrogens (tertiary/aromatic N) is 2. The highest BCUT2D eigenvalue weighted by Crippen LogP contribution is 2.12. The fourth-order valence-corrected chi connectivity index (χ4v) is 2.36. The van der Waals surface area contributed by atoms with E-state index >= 15 is 0 Å². The lowest BCUT2D eigenvalue weighted by Gasteiger charge is -2.10. The van der Waals surface area contributed by atoms with Crippen LogP contribution < -0.4 is 10.3 Å². The summed E-state index contributed by atoms with van der Waals surface area (Å²) in [6.07, 6.45) is 2.49. The largest absolute Gasteiger partial charge is 0.481 e. The van der Waals surface area contributed by atoms with Crippen molar-refractivity contribution in [2.45, 2.75) is 11.7 Å². The molecular weight excluding hydrogens is 294 g/mol. The highest BCUT2D eigenvalue weighted by atomic mass is 32.2. The Balaban J connectivity index is 2.76. The second-order valence-corrected chi connectivity index (χ2v) is 6.37. The molecule has 0 unspecified atom stereocenters. The van der Waals surface area contributed by atoms with E-state index in [1.54, 1.807) is 0 Å². The van der Waals surface area contributed by atoms with Crippen molar-refractivity contribution in [2.24, 2.45) is 0 Å². The van der Waals surface area contributed by atoms with Crippen molar-refractivity contribution in [1.29, 1.82) is 0 Å². The van der Waals surface area contributed by atoms with Gasteiger partial charge in [-0.25, -0.2) is 13.1 Å². The minimum atomic E-state index is -3.29. The summed E-state index contributed by atoms with van der Waals surface area (Å²) in [6, 6.07) is 1.23. The topological polar surface area (TPSA) is 118 Å². The maximum atomic E-state index is 11.1. The van der Waals surface area contributed by atoms with Crippen LogP contribution in [0, 0.1) is 0 Å². The standard InChI is InChI=1S/C9H13N3O5S2/c1-19(16,17)10-3-5-12-4-2-7(13)11-9(12)18-6-8(14)15/h2,4,10H,3,5-6H2,1H3,(H,14,15). The second kappa shape index (κ2) is 6.68. The number of hydrogen-bond donors (Lipinski definition) is 2. The van der Waals surface area contributed by atoms with E-state index in [1.807, 2.05) is 0 Å². The van der Waals surface area contributed by atoms with Crippen molar-refractivity contribution >= 4 is 27.8 Å². The van der Waals surface area contributed by atoms with E-state index < -0.39 is 21.6 Å². The predicted molar refractivity (Wildman–Crippen MR) is 69.7 cm³/mol. The van der Waals surface area contributed by atoms with Crippen LogP contribution in [0.1, 0.15) is 0 Å². The van der Waals surface area contributed by atoms with Crippen LogP contribution in [0.15, 0.2) is 22.2 Å². The molecule has 0 spiro atoms. The van der Waals surface area contributed by atoms with Crippen LogP contribution in [0.3, 0.4) is 0 Å². The van der Waals surface area contributed by atoms with Gasteiger partial charge < -0.3 is 9.67 Å². The van der Waals surface area contributed by atoms with Crippen molar-refractivity contribution < 1.29 is 18.3 Å². The summed E-state index contributed by atoms with van der Waals surface area (Å²) >= 11 is 0.902. The van der Waals surface area contributed by atoms with Crippen molar-refractivity contribution in [3.8, 4) is 0 Å². The van der Waals surface area contributed by atoms with Gasteiger partial charge in [-0.05, 0) is 0 Å². The Kier molecular flexibility index (Phi) is 5.51. The molecule has 0 saturated carbocycles. The van der Waals surface area contributed by atoms with E-state index in [0.29, 0.717) is 0 Å². The lowest BCUT2D eigenvalue weighted by Crippen LogP contribution is -2.27.